The van der Waals surface area contributed by atoms with Gasteiger partial charge in [0, 0.05) is 56.9 Å². The smallest absolute Gasteiger partial charge is 0.322 e. The Morgan fingerprint density at radius 3 is 2.32 bits per heavy atom. The highest BCUT2D eigenvalue weighted by Crippen LogP contribution is 2.37. The monoisotopic (exact) mass is 551 g/mol. The maximum atomic E-state index is 13.5. The molecule has 0 spiro atoms. The zero-order valence-electron chi connectivity index (χ0n) is 21.5. The van der Waals surface area contributed by atoms with Gasteiger partial charge in [0.05, 0.1) is 21.8 Å². The van der Waals surface area contributed by atoms with Gasteiger partial charge in [0.1, 0.15) is 0 Å². The van der Waals surface area contributed by atoms with Crippen molar-refractivity contribution in [3.63, 3.8) is 0 Å². The van der Waals surface area contributed by atoms with E-state index >= 15 is 0 Å². The van der Waals surface area contributed by atoms with Gasteiger partial charge in [-0.1, -0.05) is 35.3 Å². The first-order chi connectivity index (χ1) is 18.3. The van der Waals surface area contributed by atoms with Crippen LogP contribution >= 0.6 is 23.2 Å². The molecule has 1 saturated heterocycles. The van der Waals surface area contributed by atoms with Gasteiger partial charge in [-0.05, 0) is 73.2 Å². The number of halogens is 2. The number of urea groups is 1. The summed E-state index contributed by atoms with van der Waals surface area (Å²) < 4.78 is 0. The number of piperidine rings is 1. The zero-order chi connectivity index (χ0) is 26.8. The number of aryl methyl sites for hydroxylation is 1. The van der Waals surface area contributed by atoms with Crippen molar-refractivity contribution in [2.75, 3.05) is 37.4 Å². The quantitative estimate of drug-likeness (QED) is 0.405. The second-order valence-corrected chi connectivity index (χ2v) is 10.8. The number of benzene rings is 2. The summed E-state index contributed by atoms with van der Waals surface area (Å²) in [5.74, 6) is 0.00997. The van der Waals surface area contributed by atoms with Gasteiger partial charge >= 0.3 is 6.03 Å². The summed E-state index contributed by atoms with van der Waals surface area (Å²) in [5, 5.41) is 3.61. The molecule has 1 unspecified atom stereocenters. The van der Waals surface area contributed by atoms with Gasteiger partial charge in [-0.25, -0.2) is 4.79 Å². The lowest BCUT2D eigenvalue weighted by Gasteiger charge is -2.38. The van der Waals surface area contributed by atoms with E-state index in [0.29, 0.717) is 21.3 Å². The van der Waals surface area contributed by atoms with Gasteiger partial charge in [0.15, 0.2) is 0 Å². The zero-order valence-corrected chi connectivity index (χ0v) is 23.0. The minimum Gasteiger partial charge on any atom is -0.371 e. The molecular formula is C29H31Cl2N5O2. The number of amides is 3. The van der Waals surface area contributed by atoms with E-state index in [4.69, 9.17) is 23.2 Å². The summed E-state index contributed by atoms with van der Waals surface area (Å²) in [6.07, 6.45) is 7.08. The predicted molar refractivity (Wildman–Crippen MR) is 152 cm³/mol. The number of fused-ring (bicyclic) bond motifs is 1. The van der Waals surface area contributed by atoms with Crippen LogP contribution < -0.4 is 10.2 Å². The van der Waals surface area contributed by atoms with Gasteiger partial charge in [0.2, 0.25) is 0 Å². The Hall–Kier alpha value is -3.29. The molecule has 2 aliphatic rings. The highest BCUT2D eigenvalue weighted by molar-refractivity contribution is 6.39. The Morgan fingerprint density at radius 2 is 1.63 bits per heavy atom. The van der Waals surface area contributed by atoms with Crippen LogP contribution in [0.25, 0.3) is 0 Å². The van der Waals surface area contributed by atoms with Gasteiger partial charge in [-0.2, -0.15) is 0 Å². The first kappa shape index (κ1) is 26.3. The first-order valence-electron chi connectivity index (χ1n) is 12.9. The topological polar surface area (TPSA) is 68.8 Å². The number of hydrogen-bond donors (Lipinski definition) is 1. The number of nitrogens with zero attached hydrogens (tertiary/aromatic N) is 4. The van der Waals surface area contributed by atoms with Crippen molar-refractivity contribution in [1.82, 2.24) is 14.8 Å². The third-order valence-electron chi connectivity index (χ3n) is 7.78. The van der Waals surface area contributed by atoms with Gasteiger partial charge in [-0.15, -0.1) is 0 Å². The Balaban J connectivity index is 1.26. The summed E-state index contributed by atoms with van der Waals surface area (Å²) in [6, 6.07) is 14.8. The van der Waals surface area contributed by atoms with Crippen LogP contribution in [0.4, 0.5) is 16.2 Å². The normalized spacial score (nSPS) is 17.2. The maximum absolute atomic E-state index is 13.5. The lowest BCUT2D eigenvalue weighted by Crippen LogP contribution is -2.45. The Kier molecular flexibility index (Phi) is 7.77. The molecule has 38 heavy (non-hydrogen) atoms. The summed E-state index contributed by atoms with van der Waals surface area (Å²) in [7, 11) is 3.66. The summed E-state index contributed by atoms with van der Waals surface area (Å²) in [6.45, 7) is 1.79. The summed E-state index contributed by atoms with van der Waals surface area (Å²) in [5.41, 5.74) is 4.39. The molecule has 198 valence electrons. The lowest BCUT2D eigenvalue weighted by atomic mass is 10.00. The van der Waals surface area contributed by atoms with E-state index in [1.165, 1.54) is 5.69 Å². The third kappa shape index (κ3) is 5.31. The Labute approximate surface area is 233 Å². The van der Waals surface area contributed by atoms with Gasteiger partial charge in [0.25, 0.3) is 5.91 Å². The van der Waals surface area contributed by atoms with Crippen molar-refractivity contribution in [3.05, 3.63) is 87.7 Å². The number of hydrogen-bond acceptors (Lipinski definition) is 4. The highest BCUT2D eigenvalue weighted by Gasteiger charge is 2.31. The molecule has 1 fully saturated rings. The molecule has 1 aromatic heterocycles. The number of nitrogens with one attached hydrogen (secondary N) is 1. The maximum Gasteiger partial charge on any atom is 0.322 e. The second kappa shape index (κ2) is 11.2. The second-order valence-electron chi connectivity index (χ2n) is 9.95. The fourth-order valence-electron chi connectivity index (χ4n) is 5.51. The van der Waals surface area contributed by atoms with Gasteiger partial charge in [-0.3, -0.25) is 9.78 Å². The Morgan fingerprint density at radius 1 is 0.947 bits per heavy atom. The van der Waals surface area contributed by atoms with E-state index in [2.05, 4.69) is 15.2 Å². The number of anilines is 2. The van der Waals surface area contributed by atoms with Crippen LogP contribution in [-0.2, 0) is 6.42 Å². The highest BCUT2D eigenvalue weighted by atomic mass is 35.5. The number of rotatable bonds is 5. The van der Waals surface area contributed by atoms with Crippen molar-refractivity contribution in [3.8, 4) is 0 Å². The minimum absolute atomic E-state index is 0.00997. The molecule has 0 radical (unpaired) electrons. The SMILES string of the molecule is CN(C(=O)c1ccc2c(c1)C(N(C)C(=O)Nc1c(Cl)cccc1Cl)CC2)C1CCN(c2ccncc2)CC1. The number of carbonyl (C=O) groups is 2. The van der Waals surface area contributed by atoms with Crippen molar-refractivity contribution >= 4 is 46.5 Å². The molecule has 3 aromatic rings. The van der Waals surface area contributed by atoms with Crippen molar-refractivity contribution in [2.24, 2.45) is 0 Å². The number of para-hydroxylation sites is 1. The standard InChI is InChI=1S/C29H31Cl2N5O2/c1-34(21-12-16-36(17-13-21)22-10-14-32-15-11-22)28(37)20-7-6-19-8-9-26(23(19)18-20)35(2)29(38)33-27-24(30)4-3-5-25(27)31/h3-7,10-11,14-15,18,21,26H,8-9,12-13,16-17H2,1-2H3,(H,33,38). The molecule has 1 atom stereocenters. The van der Waals surface area contributed by atoms with Crippen molar-refractivity contribution < 1.29 is 9.59 Å². The molecule has 3 amide bonds. The minimum atomic E-state index is -0.298. The van der Waals surface area contributed by atoms with Crippen LogP contribution in [0.15, 0.2) is 60.9 Å². The van der Waals surface area contributed by atoms with E-state index in [0.717, 1.165) is 49.9 Å². The van der Waals surface area contributed by atoms with Crippen LogP contribution in [0.5, 0.6) is 0 Å². The molecule has 2 heterocycles. The average Bonchev–Trinajstić information content (AvgIpc) is 3.37. The van der Waals surface area contributed by atoms with Crippen LogP contribution in [0.1, 0.15) is 46.8 Å². The van der Waals surface area contributed by atoms with Crippen LogP contribution in [0.2, 0.25) is 10.0 Å². The molecule has 9 heteroatoms. The molecular weight excluding hydrogens is 521 g/mol. The number of pyridine rings is 1. The molecule has 5 rings (SSSR count). The molecule has 1 aliphatic heterocycles. The number of aromatic nitrogens is 1. The van der Waals surface area contributed by atoms with Gasteiger partial charge < -0.3 is 20.0 Å². The van der Waals surface area contributed by atoms with E-state index < -0.39 is 0 Å². The van der Waals surface area contributed by atoms with Crippen LogP contribution in [-0.4, -0.2) is 59.9 Å². The van der Waals surface area contributed by atoms with Crippen molar-refractivity contribution in [1.29, 1.82) is 0 Å². The molecule has 1 N–H and O–H groups in total. The number of carbonyl (C=O) groups excluding carboxylic acids is 2. The predicted octanol–water partition coefficient (Wildman–Crippen LogP) is 6.28. The third-order valence-corrected chi connectivity index (χ3v) is 8.41. The summed E-state index contributed by atoms with van der Waals surface area (Å²) in [4.78, 5) is 36.6. The molecule has 0 bridgehead atoms. The largest absolute Gasteiger partial charge is 0.371 e. The Bertz CT molecular complexity index is 1310. The van der Waals surface area contributed by atoms with E-state index in [-0.39, 0.29) is 24.0 Å². The lowest BCUT2D eigenvalue weighted by molar-refractivity contribution is 0.0709. The first-order valence-corrected chi connectivity index (χ1v) is 13.6. The van der Waals surface area contributed by atoms with Crippen LogP contribution in [0.3, 0.4) is 0 Å². The van der Waals surface area contributed by atoms with E-state index in [1.54, 1.807) is 30.1 Å². The fraction of sp³-hybridized carbons (Fsp3) is 0.345. The van der Waals surface area contributed by atoms with E-state index in [9.17, 15) is 9.59 Å². The molecule has 7 nitrogen and oxygen atoms in total. The van der Waals surface area contributed by atoms with Crippen molar-refractivity contribution in [2.45, 2.75) is 37.8 Å². The average molecular weight is 553 g/mol. The molecule has 2 aromatic carbocycles. The van der Waals surface area contributed by atoms with Crippen LogP contribution in [0, 0.1) is 0 Å². The molecule has 1 aliphatic carbocycles. The fourth-order valence-corrected chi connectivity index (χ4v) is 6.00. The molecule has 0 saturated carbocycles. The van der Waals surface area contributed by atoms with E-state index in [1.807, 2.05) is 54.7 Å². The summed E-state index contributed by atoms with van der Waals surface area (Å²) >= 11 is 12.5.